The lowest BCUT2D eigenvalue weighted by molar-refractivity contribution is -0.133. The van der Waals surface area contributed by atoms with E-state index in [4.69, 9.17) is 9.72 Å². The lowest BCUT2D eigenvalue weighted by Gasteiger charge is -2.47. The Labute approximate surface area is 186 Å². The maximum Gasteiger partial charge on any atom is 0.242 e. The smallest absolute Gasteiger partial charge is 0.242 e. The Balaban J connectivity index is 1.41. The van der Waals surface area contributed by atoms with E-state index in [1.807, 2.05) is 39.0 Å². The van der Waals surface area contributed by atoms with Crippen LogP contribution in [0.3, 0.4) is 0 Å². The van der Waals surface area contributed by atoms with E-state index >= 15 is 0 Å². The molecule has 0 radical (unpaired) electrons. The Morgan fingerprint density at radius 3 is 2.41 bits per heavy atom. The molecule has 8 heteroatoms. The van der Waals surface area contributed by atoms with Crippen molar-refractivity contribution in [2.75, 3.05) is 22.9 Å². The van der Waals surface area contributed by atoms with Crippen LogP contribution in [0.25, 0.3) is 11.1 Å². The highest BCUT2D eigenvalue weighted by molar-refractivity contribution is 6.12. The first kappa shape index (κ1) is 19.3. The molecule has 4 aliphatic rings. The molecule has 7 rings (SSSR count). The van der Waals surface area contributed by atoms with E-state index in [2.05, 4.69) is 19.9 Å². The number of carbonyl (C=O) groups excluding carboxylic acids is 1. The van der Waals surface area contributed by atoms with E-state index in [-0.39, 0.29) is 18.1 Å². The zero-order valence-electron chi connectivity index (χ0n) is 18.3. The molecule has 3 saturated heterocycles. The van der Waals surface area contributed by atoms with Crippen molar-refractivity contribution in [2.24, 2.45) is 0 Å². The number of aryl methyl sites for hydroxylation is 1. The fourth-order valence-electron chi connectivity index (χ4n) is 4.85. The molecule has 1 aromatic carbocycles. The van der Waals surface area contributed by atoms with Crippen LogP contribution in [0.5, 0.6) is 0 Å². The number of anilines is 3. The number of carbonyl (C=O) groups is 1. The number of hydrogen-bond acceptors (Lipinski definition) is 7. The van der Waals surface area contributed by atoms with Crippen LogP contribution in [-0.2, 0) is 14.9 Å². The average molecular weight is 428 g/mol. The number of piperidine rings is 1. The van der Waals surface area contributed by atoms with E-state index in [1.165, 1.54) is 0 Å². The maximum atomic E-state index is 13.5. The number of hydrogen-bond donors (Lipinski definition) is 0. The van der Waals surface area contributed by atoms with Gasteiger partial charge in [0.05, 0.1) is 35.7 Å². The minimum atomic E-state index is -0.657. The highest BCUT2D eigenvalue weighted by atomic mass is 16.5. The molecule has 0 aliphatic carbocycles. The molecule has 1 amide bonds. The molecule has 162 valence electrons. The largest absolute Gasteiger partial charge is 0.371 e. The molecule has 2 bridgehead atoms. The summed E-state index contributed by atoms with van der Waals surface area (Å²) < 4.78 is 5.75. The van der Waals surface area contributed by atoms with Crippen molar-refractivity contribution in [3.63, 3.8) is 0 Å². The molecule has 4 aliphatic heterocycles. The third kappa shape index (κ3) is 2.90. The summed E-state index contributed by atoms with van der Waals surface area (Å²) in [6.45, 7) is 7.38. The fraction of sp³-hybridized carbons (Fsp3) is 0.375. The molecule has 0 unspecified atom stereocenters. The van der Waals surface area contributed by atoms with Gasteiger partial charge in [-0.3, -0.25) is 14.7 Å². The SMILES string of the molecule is Cc1ncc(-c2ccc3c(c2)N(c2cncc(N4C[C@H]5C[C@@H](C4)O5)n2)C(=O)C3(C)C)cn1. The fourth-order valence-corrected chi connectivity index (χ4v) is 4.85. The van der Waals surface area contributed by atoms with E-state index in [1.54, 1.807) is 29.7 Å². The molecular formula is C24H24N6O2. The second-order valence-corrected chi connectivity index (χ2v) is 9.27. The van der Waals surface area contributed by atoms with Crippen LogP contribution in [0.4, 0.5) is 17.3 Å². The molecule has 2 aromatic heterocycles. The molecule has 32 heavy (non-hydrogen) atoms. The van der Waals surface area contributed by atoms with Gasteiger partial charge in [-0.15, -0.1) is 0 Å². The van der Waals surface area contributed by atoms with Gasteiger partial charge in [-0.2, -0.15) is 0 Å². The van der Waals surface area contributed by atoms with Gasteiger partial charge >= 0.3 is 0 Å². The highest BCUT2D eigenvalue weighted by Gasteiger charge is 2.45. The van der Waals surface area contributed by atoms with Gasteiger partial charge in [0.2, 0.25) is 5.91 Å². The van der Waals surface area contributed by atoms with Crippen molar-refractivity contribution in [3.05, 3.63) is 54.4 Å². The number of ether oxygens (including phenoxy) is 1. The molecular weight excluding hydrogens is 404 g/mol. The van der Waals surface area contributed by atoms with Gasteiger partial charge in [0.1, 0.15) is 11.6 Å². The average Bonchev–Trinajstić information content (AvgIpc) is 2.99. The van der Waals surface area contributed by atoms with Crippen molar-refractivity contribution in [1.82, 2.24) is 19.9 Å². The Hall–Kier alpha value is -3.39. The zero-order valence-corrected chi connectivity index (χ0v) is 18.3. The summed E-state index contributed by atoms with van der Waals surface area (Å²) >= 11 is 0. The molecule has 2 atom stereocenters. The van der Waals surface area contributed by atoms with E-state index < -0.39 is 5.41 Å². The molecule has 0 spiro atoms. The molecule has 3 fully saturated rings. The predicted octanol–water partition coefficient (Wildman–Crippen LogP) is 3.18. The van der Waals surface area contributed by atoms with Crippen LogP contribution in [-0.4, -0.2) is 51.1 Å². The van der Waals surface area contributed by atoms with Crippen LogP contribution in [0, 0.1) is 6.92 Å². The molecule has 0 N–H and O–H groups in total. The number of amides is 1. The van der Waals surface area contributed by atoms with Crippen LogP contribution < -0.4 is 9.80 Å². The second kappa shape index (κ2) is 6.80. The van der Waals surface area contributed by atoms with Crippen molar-refractivity contribution in [3.8, 4) is 11.1 Å². The Kier molecular flexibility index (Phi) is 4.10. The van der Waals surface area contributed by atoms with Crippen molar-refractivity contribution >= 4 is 23.2 Å². The summed E-state index contributed by atoms with van der Waals surface area (Å²) in [5.41, 5.74) is 3.00. The topological polar surface area (TPSA) is 84.3 Å². The van der Waals surface area contributed by atoms with Crippen LogP contribution >= 0.6 is 0 Å². The Bertz CT molecular complexity index is 1210. The highest BCUT2D eigenvalue weighted by Crippen LogP contribution is 2.46. The standard InChI is InChI=1S/C24H24N6O2/c1-14-26-8-16(9-27-14)15-4-5-19-20(6-15)30(23(31)24(19,2)3)22-11-25-10-21(28-22)29-12-17-7-18(13-29)32-17/h4-6,8-11,17-18H,7,12-13H2,1-3H3/t17-,18+. The minimum Gasteiger partial charge on any atom is -0.371 e. The third-order valence-corrected chi connectivity index (χ3v) is 6.68. The summed E-state index contributed by atoms with van der Waals surface area (Å²) in [4.78, 5) is 35.3. The molecule has 6 heterocycles. The van der Waals surface area contributed by atoms with E-state index in [0.717, 1.165) is 53.5 Å². The van der Waals surface area contributed by atoms with E-state index in [0.29, 0.717) is 5.82 Å². The van der Waals surface area contributed by atoms with Crippen LogP contribution in [0.15, 0.2) is 43.0 Å². The molecule has 8 nitrogen and oxygen atoms in total. The Morgan fingerprint density at radius 1 is 1.00 bits per heavy atom. The van der Waals surface area contributed by atoms with Crippen molar-refractivity contribution in [2.45, 2.75) is 44.8 Å². The number of nitrogens with zero attached hydrogens (tertiary/aromatic N) is 6. The summed E-state index contributed by atoms with van der Waals surface area (Å²) in [6.07, 6.45) is 8.69. The number of aromatic nitrogens is 4. The van der Waals surface area contributed by atoms with Crippen molar-refractivity contribution in [1.29, 1.82) is 0 Å². The number of benzene rings is 1. The van der Waals surface area contributed by atoms with Gasteiger partial charge in [0.25, 0.3) is 0 Å². The maximum absolute atomic E-state index is 13.5. The monoisotopic (exact) mass is 428 g/mol. The van der Waals surface area contributed by atoms with Gasteiger partial charge < -0.3 is 9.64 Å². The van der Waals surface area contributed by atoms with Gasteiger partial charge in [-0.1, -0.05) is 12.1 Å². The first-order valence-electron chi connectivity index (χ1n) is 10.9. The van der Waals surface area contributed by atoms with Crippen molar-refractivity contribution < 1.29 is 9.53 Å². The number of rotatable bonds is 3. The summed E-state index contributed by atoms with van der Waals surface area (Å²) in [5.74, 6) is 2.03. The first-order chi connectivity index (χ1) is 15.4. The normalized spacial score (nSPS) is 23.2. The van der Waals surface area contributed by atoms with Crippen LogP contribution in [0.1, 0.15) is 31.7 Å². The van der Waals surface area contributed by atoms with Crippen LogP contribution in [0.2, 0.25) is 0 Å². The lowest BCUT2D eigenvalue weighted by Crippen LogP contribution is -2.57. The lowest BCUT2D eigenvalue weighted by atomic mass is 9.85. The zero-order chi connectivity index (χ0) is 22.0. The minimum absolute atomic E-state index is 0.0129. The Morgan fingerprint density at radius 2 is 1.69 bits per heavy atom. The van der Waals surface area contributed by atoms with Gasteiger partial charge in [0, 0.05) is 37.5 Å². The number of morpholine rings is 1. The van der Waals surface area contributed by atoms with Gasteiger partial charge in [-0.25, -0.2) is 15.0 Å². The van der Waals surface area contributed by atoms with Gasteiger partial charge in [0.15, 0.2) is 5.82 Å². The summed E-state index contributed by atoms with van der Waals surface area (Å²) in [6, 6.07) is 6.07. The quantitative estimate of drug-likeness (QED) is 0.633. The third-order valence-electron chi connectivity index (χ3n) is 6.68. The molecule has 3 aromatic rings. The first-order valence-corrected chi connectivity index (χ1v) is 10.9. The predicted molar refractivity (Wildman–Crippen MR) is 120 cm³/mol. The second-order valence-electron chi connectivity index (χ2n) is 9.27. The molecule has 0 saturated carbocycles. The summed E-state index contributed by atoms with van der Waals surface area (Å²) in [7, 11) is 0. The number of fused-ring (bicyclic) bond motifs is 3. The summed E-state index contributed by atoms with van der Waals surface area (Å²) in [5, 5.41) is 0. The van der Waals surface area contributed by atoms with E-state index in [9.17, 15) is 4.79 Å². The van der Waals surface area contributed by atoms with Gasteiger partial charge in [-0.05, 0) is 38.0 Å².